The van der Waals surface area contributed by atoms with Crippen LogP contribution < -0.4 is 5.32 Å². The Bertz CT molecular complexity index is 365. The third-order valence-corrected chi connectivity index (χ3v) is 3.82. The van der Waals surface area contributed by atoms with Crippen molar-refractivity contribution in [3.05, 3.63) is 35.4 Å². The molecular formula is C17H28N2. The second-order valence-corrected chi connectivity index (χ2v) is 6.04. The molecule has 0 bridgehead atoms. The molecule has 0 radical (unpaired) electrons. The molecular weight excluding hydrogens is 232 g/mol. The smallest absolute Gasteiger partial charge is 0.0236 e. The normalized spacial score (nSPS) is 15.4. The van der Waals surface area contributed by atoms with E-state index in [-0.39, 0.29) is 0 Å². The molecule has 0 heterocycles. The van der Waals surface area contributed by atoms with Gasteiger partial charge in [-0.2, -0.15) is 0 Å². The molecule has 0 aromatic heterocycles. The topological polar surface area (TPSA) is 15.3 Å². The lowest BCUT2D eigenvalue weighted by molar-refractivity contribution is 0.213. The van der Waals surface area contributed by atoms with Crippen molar-refractivity contribution in [1.29, 1.82) is 0 Å². The number of benzene rings is 1. The summed E-state index contributed by atoms with van der Waals surface area (Å²) < 4.78 is 0. The third-order valence-electron chi connectivity index (χ3n) is 3.82. The van der Waals surface area contributed by atoms with Crippen molar-refractivity contribution in [3.63, 3.8) is 0 Å². The van der Waals surface area contributed by atoms with E-state index < -0.39 is 0 Å². The van der Waals surface area contributed by atoms with Crippen molar-refractivity contribution in [2.75, 3.05) is 6.54 Å². The lowest BCUT2D eigenvalue weighted by Gasteiger charge is -2.26. The maximum Gasteiger partial charge on any atom is 0.0236 e. The highest BCUT2D eigenvalue weighted by molar-refractivity contribution is 5.22. The van der Waals surface area contributed by atoms with Gasteiger partial charge in [0.1, 0.15) is 0 Å². The van der Waals surface area contributed by atoms with Crippen LogP contribution in [0.15, 0.2) is 24.3 Å². The summed E-state index contributed by atoms with van der Waals surface area (Å²) in [6.07, 6.45) is 3.94. The highest BCUT2D eigenvalue weighted by atomic mass is 15.1. The Morgan fingerprint density at radius 2 is 1.79 bits per heavy atom. The van der Waals surface area contributed by atoms with Gasteiger partial charge in [-0.05, 0) is 50.8 Å². The van der Waals surface area contributed by atoms with Gasteiger partial charge in [-0.3, -0.25) is 4.90 Å². The standard InChI is InChI=1S/C17H28N2/c1-4-11-19(14(2)3)13-16-7-5-15(6-8-16)12-18-17-9-10-17/h5-8,14,17-18H,4,9-13H2,1-3H3. The third kappa shape index (κ3) is 4.96. The van der Waals surface area contributed by atoms with Crippen molar-refractivity contribution in [2.45, 2.75) is 65.2 Å². The highest BCUT2D eigenvalue weighted by Gasteiger charge is 2.19. The summed E-state index contributed by atoms with van der Waals surface area (Å²) in [7, 11) is 0. The second kappa shape index (κ2) is 7.06. The van der Waals surface area contributed by atoms with Crippen LogP contribution in [-0.4, -0.2) is 23.5 Å². The Kier molecular flexibility index (Phi) is 5.41. The van der Waals surface area contributed by atoms with E-state index in [2.05, 4.69) is 55.3 Å². The molecule has 1 fully saturated rings. The van der Waals surface area contributed by atoms with Crippen molar-refractivity contribution >= 4 is 0 Å². The Balaban J connectivity index is 1.85. The van der Waals surface area contributed by atoms with E-state index in [1.807, 2.05) is 0 Å². The van der Waals surface area contributed by atoms with E-state index in [9.17, 15) is 0 Å². The lowest BCUT2D eigenvalue weighted by atomic mass is 10.1. The Hall–Kier alpha value is -0.860. The SMILES string of the molecule is CCCN(Cc1ccc(CNC2CC2)cc1)C(C)C. The summed E-state index contributed by atoms with van der Waals surface area (Å²) in [6.45, 7) is 10.1. The minimum Gasteiger partial charge on any atom is -0.310 e. The van der Waals surface area contributed by atoms with E-state index in [1.54, 1.807) is 0 Å². The average Bonchev–Trinajstić information content (AvgIpc) is 3.21. The van der Waals surface area contributed by atoms with Crippen LogP contribution in [0.5, 0.6) is 0 Å². The van der Waals surface area contributed by atoms with Crippen LogP contribution in [0.2, 0.25) is 0 Å². The highest BCUT2D eigenvalue weighted by Crippen LogP contribution is 2.19. The zero-order chi connectivity index (χ0) is 13.7. The number of rotatable bonds is 8. The molecule has 1 N–H and O–H groups in total. The van der Waals surface area contributed by atoms with Gasteiger partial charge in [-0.1, -0.05) is 31.2 Å². The van der Waals surface area contributed by atoms with E-state index >= 15 is 0 Å². The molecule has 0 aliphatic heterocycles. The number of hydrogen-bond donors (Lipinski definition) is 1. The fraction of sp³-hybridized carbons (Fsp3) is 0.647. The van der Waals surface area contributed by atoms with Crippen LogP contribution in [0.3, 0.4) is 0 Å². The molecule has 1 aliphatic carbocycles. The molecule has 2 heteroatoms. The molecule has 1 aromatic rings. The zero-order valence-corrected chi connectivity index (χ0v) is 12.7. The number of nitrogens with zero attached hydrogens (tertiary/aromatic N) is 1. The Morgan fingerprint density at radius 1 is 1.16 bits per heavy atom. The van der Waals surface area contributed by atoms with Gasteiger partial charge < -0.3 is 5.32 Å². The molecule has 19 heavy (non-hydrogen) atoms. The van der Waals surface area contributed by atoms with Gasteiger partial charge in [0.2, 0.25) is 0 Å². The number of nitrogens with one attached hydrogen (secondary N) is 1. The van der Waals surface area contributed by atoms with Crippen molar-refractivity contribution in [3.8, 4) is 0 Å². The first-order valence-corrected chi connectivity index (χ1v) is 7.74. The number of hydrogen-bond acceptors (Lipinski definition) is 2. The molecule has 1 saturated carbocycles. The maximum absolute atomic E-state index is 3.56. The van der Waals surface area contributed by atoms with Gasteiger partial charge >= 0.3 is 0 Å². The molecule has 0 atom stereocenters. The van der Waals surface area contributed by atoms with Gasteiger partial charge in [-0.15, -0.1) is 0 Å². The molecule has 2 nitrogen and oxygen atoms in total. The summed E-state index contributed by atoms with van der Waals surface area (Å²) in [5, 5.41) is 3.56. The van der Waals surface area contributed by atoms with Crippen LogP contribution in [0.25, 0.3) is 0 Å². The minimum absolute atomic E-state index is 0.621. The molecule has 1 aliphatic rings. The van der Waals surface area contributed by atoms with E-state index in [0.29, 0.717) is 6.04 Å². The molecule has 2 rings (SSSR count). The van der Waals surface area contributed by atoms with Gasteiger partial charge in [0.05, 0.1) is 0 Å². The van der Waals surface area contributed by atoms with Crippen molar-refractivity contribution < 1.29 is 0 Å². The van der Waals surface area contributed by atoms with Crippen LogP contribution in [-0.2, 0) is 13.1 Å². The summed E-state index contributed by atoms with van der Waals surface area (Å²) in [5.74, 6) is 0. The molecule has 0 saturated heterocycles. The van der Waals surface area contributed by atoms with Gasteiger partial charge in [0, 0.05) is 25.2 Å². The van der Waals surface area contributed by atoms with E-state index in [1.165, 1.54) is 36.9 Å². The largest absolute Gasteiger partial charge is 0.310 e. The van der Waals surface area contributed by atoms with Crippen molar-refractivity contribution in [2.24, 2.45) is 0 Å². The molecule has 106 valence electrons. The van der Waals surface area contributed by atoms with Crippen LogP contribution in [0, 0.1) is 0 Å². The molecule has 0 unspecified atom stereocenters. The Morgan fingerprint density at radius 3 is 2.32 bits per heavy atom. The van der Waals surface area contributed by atoms with Gasteiger partial charge in [-0.25, -0.2) is 0 Å². The summed E-state index contributed by atoms with van der Waals surface area (Å²) >= 11 is 0. The van der Waals surface area contributed by atoms with Crippen LogP contribution in [0.4, 0.5) is 0 Å². The maximum atomic E-state index is 3.56. The fourth-order valence-electron chi connectivity index (χ4n) is 2.35. The van der Waals surface area contributed by atoms with Gasteiger partial charge in [0.25, 0.3) is 0 Å². The summed E-state index contributed by atoms with van der Waals surface area (Å²) in [6, 6.07) is 10.5. The molecule has 1 aromatic carbocycles. The predicted octanol–water partition coefficient (Wildman–Crippen LogP) is 3.56. The fourth-order valence-corrected chi connectivity index (χ4v) is 2.35. The monoisotopic (exact) mass is 260 g/mol. The lowest BCUT2D eigenvalue weighted by Crippen LogP contribution is -2.31. The predicted molar refractivity (Wildman–Crippen MR) is 82.1 cm³/mol. The van der Waals surface area contributed by atoms with Crippen LogP contribution >= 0.6 is 0 Å². The quantitative estimate of drug-likeness (QED) is 0.769. The first kappa shape index (κ1) is 14.5. The molecule has 0 spiro atoms. The van der Waals surface area contributed by atoms with Crippen molar-refractivity contribution in [1.82, 2.24) is 10.2 Å². The first-order valence-electron chi connectivity index (χ1n) is 7.74. The van der Waals surface area contributed by atoms with Crippen LogP contribution in [0.1, 0.15) is 51.2 Å². The zero-order valence-electron chi connectivity index (χ0n) is 12.7. The minimum atomic E-state index is 0.621. The van der Waals surface area contributed by atoms with E-state index in [0.717, 1.165) is 19.1 Å². The first-order chi connectivity index (χ1) is 9.19. The summed E-state index contributed by atoms with van der Waals surface area (Å²) in [4.78, 5) is 2.54. The summed E-state index contributed by atoms with van der Waals surface area (Å²) in [5.41, 5.74) is 2.83. The Labute approximate surface area is 118 Å². The average molecular weight is 260 g/mol. The second-order valence-electron chi connectivity index (χ2n) is 6.04. The van der Waals surface area contributed by atoms with E-state index in [4.69, 9.17) is 0 Å². The molecule has 0 amide bonds. The van der Waals surface area contributed by atoms with Gasteiger partial charge in [0.15, 0.2) is 0 Å².